The molecular weight excluding hydrogens is 375 g/mol. The summed E-state index contributed by atoms with van der Waals surface area (Å²) in [6.45, 7) is 4.75. The van der Waals surface area contributed by atoms with Crippen LogP contribution in [0.15, 0.2) is 36.7 Å². The fourth-order valence-electron chi connectivity index (χ4n) is 3.71. The maximum absolute atomic E-state index is 14.0. The predicted molar refractivity (Wildman–Crippen MR) is 106 cm³/mol. The minimum absolute atomic E-state index is 0.145. The Morgan fingerprint density at radius 3 is 2.31 bits per heavy atom. The Labute approximate surface area is 168 Å². The largest absolute Gasteiger partial charge is 0.366 e. The molecule has 2 aliphatic heterocycles. The number of amides is 2. The molecule has 4 rings (SSSR count). The molecule has 152 valence electrons. The van der Waals surface area contributed by atoms with Crippen molar-refractivity contribution in [2.45, 2.75) is 0 Å². The number of anilines is 2. The summed E-state index contributed by atoms with van der Waals surface area (Å²) in [5.41, 5.74) is 0.922. The third kappa shape index (κ3) is 4.13. The monoisotopic (exact) mass is 398 g/mol. The Hall–Kier alpha value is -3.23. The van der Waals surface area contributed by atoms with Gasteiger partial charge < -0.3 is 19.6 Å². The van der Waals surface area contributed by atoms with Crippen molar-refractivity contribution in [3.05, 3.63) is 48.2 Å². The molecule has 0 aliphatic carbocycles. The summed E-state index contributed by atoms with van der Waals surface area (Å²) in [4.78, 5) is 39.7. The van der Waals surface area contributed by atoms with Gasteiger partial charge in [-0.3, -0.25) is 9.59 Å². The smallest absolute Gasteiger partial charge is 0.272 e. The summed E-state index contributed by atoms with van der Waals surface area (Å²) in [5, 5.41) is 0. The van der Waals surface area contributed by atoms with E-state index < -0.39 is 0 Å². The highest BCUT2D eigenvalue weighted by Gasteiger charge is 2.25. The Kier molecular flexibility index (Phi) is 5.55. The summed E-state index contributed by atoms with van der Waals surface area (Å²) in [5.74, 6) is 0.301. The lowest BCUT2D eigenvalue weighted by Crippen LogP contribution is -2.49. The maximum Gasteiger partial charge on any atom is 0.272 e. The molecule has 1 aromatic heterocycles. The zero-order chi connectivity index (χ0) is 20.2. The topological polar surface area (TPSA) is 72.9 Å². The third-order valence-corrected chi connectivity index (χ3v) is 5.42. The van der Waals surface area contributed by atoms with E-state index in [0.717, 1.165) is 6.41 Å². The van der Waals surface area contributed by atoms with E-state index in [2.05, 4.69) is 14.9 Å². The molecule has 2 saturated heterocycles. The molecule has 2 fully saturated rings. The highest BCUT2D eigenvalue weighted by atomic mass is 19.1. The summed E-state index contributed by atoms with van der Waals surface area (Å²) in [6.07, 6.45) is 2.26. The quantitative estimate of drug-likeness (QED) is 0.712. The van der Waals surface area contributed by atoms with E-state index >= 15 is 0 Å². The van der Waals surface area contributed by atoms with Crippen molar-refractivity contribution in [2.24, 2.45) is 0 Å². The Balaban J connectivity index is 1.39. The van der Waals surface area contributed by atoms with Gasteiger partial charge in [-0.05, 0) is 12.1 Å². The van der Waals surface area contributed by atoms with Gasteiger partial charge in [0.2, 0.25) is 6.41 Å². The number of nitrogens with zero attached hydrogens (tertiary/aromatic N) is 6. The lowest BCUT2D eigenvalue weighted by Gasteiger charge is -2.36. The molecule has 2 aromatic rings. The van der Waals surface area contributed by atoms with Crippen LogP contribution in [0.1, 0.15) is 10.5 Å². The van der Waals surface area contributed by atoms with Crippen LogP contribution in [0, 0.1) is 5.82 Å². The Morgan fingerprint density at radius 1 is 0.931 bits per heavy atom. The molecule has 0 unspecified atom stereocenters. The van der Waals surface area contributed by atoms with E-state index in [4.69, 9.17) is 0 Å². The number of rotatable bonds is 4. The molecule has 0 N–H and O–H groups in total. The van der Waals surface area contributed by atoms with Crippen LogP contribution in [0.4, 0.5) is 15.9 Å². The number of carbonyl (C=O) groups excluding carboxylic acids is 2. The van der Waals surface area contributed by atoms with E-state index in [1.165, 1.54) is 12.4 Å². The second-order valence-electron chi connectivity index (χ2n) is 7.12. The van der Waals surface area contributed by atoms with Crippen LogP contribution in [0.25, 0.3) is 0 Å². The van der Waals surface area contributed by atoms with Crippen LogP contribution < -0.4 is 9.80 Å². The maximum atomic E-state index is 14.0. The van der Waals surface area contributed by atoms with Gasteiger partial charge in [-0.25, -0.2) is 14.4 Å². The molecule has 9 heteroatoms. The second kappa shape index (κ2) is 8.42. The van der Waals surface area contributed by atoms with E-state index in [1.807, 2.05) is 11.0 Å². The Morgan fingerprint density at radius 2 is 1.62 bits per heavy atom. The number of benzene rings is 1. The van der Waals surface area contributed by atoms with Crippen molar-refractivity contribution in [1.29, 1.82) is 0 Å². The minimum Gasteiger partial charge on any atom is -0.366 e. The highest BCUT2D eigenvalue weighted by molar-refractivity contribution is 5.93. The predicted octanol–water partition coefficient (Wildman–Crippen LogP) is 0.856. The van der Waals surface area contributed by atoms with Gasteiger partial charge in [-0.2, -0.15) is 0 Å². The highest BCUT2D eigenvalue weighted by Crippen LogP contribution is 2.21. The fraction of sp³-hybridized carbons (Fsp3) is 0.400. The minimum atomic E-state index is -0.248. The molecule has 0 bridgehead atoms. The van der Waals surface area contributed by atoms with Crippen molar-refractivity contribution in [2.75, 3.05) is 62.2 Å². The van der Waals surface area contributed by atoms with Gasteiger partial charge in [-0.15, -0.1) is 0 Å². The molecule has 0 radical (unpaired) electrons. The van der Waals surface area contributed by atoms with Gasteiger partial charge in [0.25, 0.3) is 5.91 Å². The SMILES string of the molecule is O=CN1CCN(c2cc(C(=O)N3CCN(c4ccccc4F)CC3)ncn2)CC1. The molecule has 2 amide bonds. The molecular formula is C20H23FN6O2. The molecule has 2 aliphatic rings. The van der Waals surface area contributed by atoms with Gasteiger partial charge in [-0.1, -0.05) is 12.1 Å². The van der Waals surface area contributed by atoms with Crippen LogP contribution in [0.2, 0.25) is 0 Å². The Bertz CT molecular complexity index is 879. The van der Waals surface area contributed by atoms with Gasteiger partial charge >= 0.3 is 0 Å². The zero-order valence-electron chi connectivity index (χ0n) is 16.1. The molecule has 0 spiro atoms. The van der Waals surface area contributed by atoms with Crippen LogP contribution in [0.3, 0.4) is 0 Å². The first-order valence-electron chi connectivity index (χ1n) is 9.71. The van der Waals surface area contributed by atoms with Crippen LogP contribution in [-0.2, 0) is 4.79 Å². The summed E-state index contributed by atoms with van der Waals surface area (Å²) >= 11 is 0. The van der Waals surface area contributed by atoms with Gasteiger partial charge in [0.1, 0.15) is 23.7 Å². The first-order chi connectivity index (χ1) is 14.2. The van der Waals surface area contributed by atoms with E-state index in [1.54, 1.807) is 28.0 Å². The van der Waals surface area contributed by atoms with Crippen molar-refractivity contribution in [1.82, 2.24) is 19.8 Å². The van der Waals surface area contributed by atoms with Crippen LogP contribution in [0.5, 0.6) is 0 Å². The number of hydrogen-bond acceptors (Lipinski definition) is 6. The van der Waals surface area contributed by atoms with Crippen molar-refractivity contribution in [3.63, 3.8) is 0 Å². The number of hydrogen-bond donors (Lipinski definition) is 0. The standard InChI is InChI=1S/C20H23FN6O2/c21-16-3-1-2-4-18(16)25-9-11-27(12-10-25)20(29)17-13-19(23-14-22-17)26-7-5-24(15-28)6-8-26/h1-4,13-15H,5-12H2. The van der Waals surface area contributed by atoms with E-state index in [0.29, 0.717) is 69.6 Å². The molecule has 0 saturated carbocycles. The third-order valence-electron chi connectivity index (χ3n) is 5.42. The average Bonchev–Trinajstić information content (AvgIpc) is 2.79. The summed E-state index contributed by atoms with van der Waals surface area (Å²) in [6, 6.07) is 8.40. The number of piperazine rings is 2. The normalized spacial score (nSPS) is 17.4. The van der Waals surface area contributed by atoms with Crippen LogP contribution >= 0.6 is 0 Å². The average molecular weight is 398 g/mol. The molecule has 29 heavy (non-hydrogen) atoms. The summed E-state index contributed by atoms with van der Waals surface area (Å²) < 4.78 is 14.0. The molecule has 0 atom stereocenters. The first kappa shape index (κ1) is 19.1. The molecule has 8 nitrogen and oxygen atoms in total. The molecule has 3 heterocycles. The van der Waals surface area contributed by atoms with Crippen molar-refractivity contribution in [3.8, 4) is 0 Å². The van der Waals surface area contributed by atoms with Gasteiger partial charge in [0.15, 0.2) is 0 Å². The summed E-state index contributed by atoms with van der Waals surface area (Å²) in [7, 11) is 0. The fourth-order valence-corrected chi connectivity index (χ4v) is 3.71. The lowest BCUT2D eigenvalue weighted by molar-refractivity contribution is -0.118. The number of halogens is 1. The number of carbonyl (C=O) groups is 2. The van der Waals surface area contributed by atoms with Crippen LogP contribution in [-0.4, -0.2) is 84.4 Å². The first-order valence-corrected chi connectivity index (χ1v) is 9.71. The van der Waals surface area contributed by atoms with E-state index in [-0.39, 0.29) is 11.7 Å². The van der Waals surface area contributed by atoms with Crippen molar-refractivity contribution >= 4 is 23.8 Å². The van der Waals surface area contributed by atoms with Crippen molar-refractivity contribution < 1.29 is 14.0 Å². The van der Waals surface area contributed by atoms with E-state index in [9.17, 15) is 14.0 Å². The lowest BCUT2D eigenvalue weighted by atomic mass is 10.2. The molecule has 1 aromatic carbocycles. The van der Waals surface area contributed by atoms with Gasteiger partial charge in [0, 0.05) is 58.4 Å². The van der Waals surface area contributed by atoms with Gasteiger partial charge in [0.05, 0.1) is 5.69 Å². The second-order valence-corrected chi connectivity index (χ2v) is 7.12. The zero-order valence-corrected chi connectivity index (χ0v) is 16.1. The number of para-hydroxylation sites is 1. The number of aromatic nitrogens is 2.